The smallest absolute Gasteiger partial charge is 0.184 e. The van der Waals surface area contributed by atoms with Crippen LogP contribution in [0.2, 0.25) is 98.2 Å². The quantitative estimate of drug-likeness (QED) is 0.187. The third-order valence-corrected chi connectivity index (χ3v) is 17.0. The van der Waals surface area contributed by atoms with E-state index in [1.807, 2.05) is 0 Å². The Kier molecular flexibility index (Phi) is 11.3. The fourth-order valence-corrected chi connectivity index (χ4v) is 16.5. The van der Waals surface area contributed by atoms with Crippen LogP contribution in [0.4, 0.5) is 0 Å². The van der Waals surface area contributed by atoms with Gasteiger partial charge in [0.2, 0.25) is 0 Å². The summed E-state index contributed by atoms with van der Waals surface area (Å²) in [5.41, 5.74) is -0.0597. The second-order valence-electron chi connectivity index (χ2n) is 21.4. The standard InChI is InChI=1S/C36H76O5Si5/c1-34-22-20-28(38-43(6,7)8)24-27(34)18-19-29-30-21-23-36(41-46(15,16)17,32(40-45(12,13)14)26-37-42(3,4)5)35(30,2)25-31(33(29)34)39-44(9,10)11/h27-33H,18-26H2,1-17H3/t27-,28-,29+,30+,31+,32-,33?,34+,35+,36+/m1/s1. The van der Waals surface area contributed by atoms with Gasteiger partial charge in [-0.15, -0.1) is 0 Å². The minimum atomic E-state index is -1.97. The monoisotopic (exact) mass is 728 g/mol. The maximum absolute atomic E-state index is 7.70. The highest BCUT2D eigenvalue weighted by Crippen LogP contribution is 2.70. The number of fused-ring (bicyclic) bond motifs is 5. The van der Waals surface area contributed by atoms with E-state index in [4.69, 9.17) is 22.1 Å². The third kappa shape index (κ3) is 8.84. The summed E-state index contributed by atoms with van der Waals surface area (Å²) < 4.78 is 36.0. The summed E-state index contributed by atoms with van der Waals surface area (Å²) in [7, 11) is -9.03. The molecule has 4 rings (SSSR count). The Balaban J connectivity index is 1.80. The Morgan fingerprint density at radius 1 is 0.652 bits per heavy atom. The molecular formula is C36H76O5Si5. The predicted molar refractivity (Wildman–Crippen MR) is 208 cm³/mol. The summed E-state index contributed by atoms with van der Waals surface area (Å²) in [6, 6.07) is 0. The van der Waals surface area contributed by atoms with E-state index in [1.165, 1.54) is 38.5 Å². The lowest BCUT2D eigenvalue weighted by atomic mass is 9.43. The van der Waals surface area contributed by atoms with Gasteiger partial charge in [0.15, 0.2) is 41.6 Å². The van der Waals surface area contributed by atoms with Crippen molar-refractivity contribution in [3.05, 3.63) is 0 Å². The van der Waals surface area contributed by atoms with Crippen molar-refractivity contribution in [2.75, 3.05) is 6.61 Å². The normalized spacial score (nSPS) is 39.8. The van der Waals surface area contributed by atoms with Crippen LogP contribution in [0.5, 0.6) is 0 Å². The summed E-state index contributed by atoms with van der Waals surface area (Å²) in [5, 5.41) is 0. The lowest BCUT2D eigenvalue weighted by molar-refractivity contribution is -0.212. The van der Waals surface area contributed by atoms with Crippen molar-refractivity contribution in [2.24, 2.45) is 34.5 Å². The molecule has 1 unspecified atom stereocenters. The van der Waals surface area contributed by atoms with Crippen molar-refractivity contribution in [2.45, 2.75) is 187 Å². The first-order chi connectivity index (χ1) is 20.6. The van der Waals surface area contributed by atoms with Crippen molar-refractivity contribution in [1.82, 2.24) is 0 Å². The summed E-state index contributed by atoms with van der Waals surface area (Å²) in [6.07, 6.45) is 10.5. The maximum atomic E-state index is 7.70. The van der Waals surface area contributed by atoms with Gasteiger partial charge in [-0.3, -0.25) is 0 Å². The molecule has 0 N–H and O–H groups in total. The van der Waals surface area contributed by atoms with Crippen LogP contribution >= 0.6 is 0 Å². The van der Waals surface area contributed by atoms with Crippen LogP contribution in [-0.2, 0) is 22.1 Å². The van der Waals surface area contributed by atoms with Gasteiger partial charge >= 0.3 is 0 Å². The van der Waals surface area contributed by atoms with E-state index in [2.05, 4.69) is 112 Å². The Morgan fingerprint density at radius 3 is 1.78 bits per heavy atom. The van der Waals surface area contributed by atoms with Crippen molar-refractivity contribution in [3.8, 4) is 0 Å². The van der Waals surface area contributed by atoms with Gasteiger partial charge in [-0.2, -0.15) is 0 Å². The minimum absolute atomic E-state index is 0.0206. The van der Waals surface area contributed by atoms with Gasteiger partial charge < -0.3 is 22.1 Å². The summed E-state index contributed by atoms with van der Waals surface area (Å²) in [6.45, 7) is 41.5. The van der Waals surface area contributed by atoms with Crippen molar-refractivity contribution < 1.29 is 22.1 Å². The van der Waals surface area contributed by atoms with Crippen LogP contribution in [0.1, 0.15) is 65.2 Å². The first-order valence-corrected chi connectivity index (χ1v) is 36.0. The van der Waals surface area contributed by atoms with Crippen LogP contribution < -0.4 is 0 Å². The molecule has 0 aromatic heterocycles. The SMILES string of the molecule is C[C@]12C[C@H](O[Si](C)(C)C)C3[C@@H](CC[C@@H]4C[C@H](O[Si](C)(C)C)CC[C@]34C)[C@@H]1CC[C@]2(O[Si](C)(C)C)[C@@H](CO[Si](C)(C)C)O[Si](C)(C)C. The van der Waals surface area contributed by atoms with Crippen LogP contribution in [-0.4, -0.2) is 72.1 Å². The van der Waals surface area contributed by atoms with Gasteiger partial charge in [-0.05, 0) is 179 Å². The van der Waals surface area contributed by atoms with Gasteiger partial charge in [0.1, 0.15) is 0 Å². The van der Waals surface area contributed by atoms with Gasteiger partial charge in [0.05, 0.1) is 18.3 Å². The molecule has 10 heteroatoms. The average Bonchev–Trinajstić information content (AvgIpc) is 3.09. The molecule has 0 heterocycles. The molecule has 4 aliphatic rings. The van der Waals surface area contributed by atoms with Crippen molar-refractivity contribution in [3.63, 3.8) is 0 Å². The second kappa shape index (κ2) is 13.1. The molecule has 5 nitrogen and oxygen atoms in total. The van der Waals surface area contributed by atoms with Gasteiger partial charge in [-0.25, -0.2) is 0 Å². The van der Waals surface area contributed by atoms with E-state index < -0.39 is 41.6 Å². The molecular weight excluding hydrogens is 653 g/mol. The number of hydrogen-bond acceptors (Lipinski definition) is 5. The van der Waals surface area contributed by atoms with Gasteiger partial charge in [-0.1, -0.05) is 13.8 Å². The molecule has 0 aromatic rings. The second-order valence-corrected chi connectivity index (χ2v) is 43.7. The molecule has 0 saturated heterocycles. The van der Waals surface area contributed by atoms with Crippen LogP contribution in [0.3, 0.4) is 0 Å². The highest BCUT2D eigenvalue weighted by Gasteiger charge is 2.71. The molecule has 4 saturated carbocycles. The molecule has 0 aromatic carbocycles. The van der Waals surface area contributed by atoms with E-state index in [0.717, 1.165) is 18.8 Å². The van der Waals surface area contributed by atoms with Gasteiger partial charge in [0, 0.05) is 17.6 Å². The van der Waals surface area contributed by atoms with Gasteiger partial charge in [0.25, 0.3) is 0 Å². The molecule has 10 atom stereocenters. The average molecular weight is 729 g/mol. The lowest BCUT2D eigenvalue weighted by Crippen LogP contribution is -2.68. The third-order valence-electron chi connectivity index (χ3n) is 11.9. The van der Waals surface area contributed by atoms with Crippen LogP contribution in [0.15, 0.2) is 0 Å². The highest BCUT2D eigenvalue weighted by atomic mass is 28.4. The molecule has 0 amide bonds. The highest BCUT2D eigenvalue weighted by molar-refractivity contribution is 6.71. The fraction of sp³-hybridized carbons (Fsp3) is 1.00. The van der Waals surface area contributed by atoms with Crippen molar-refractivity contribution >= 4 is 41.6 Å². The zero-order chi connectivity index (χ0) is 34.9. The maximum Gasteiger partial charge on any atom is 0.184 e. The van der Waals surface area contributed by atoms with Crippen LogP contribution in [0.25, 0.3) is 0 Å². The van der Waals surface area contributed by atoms with E-state index in [0.29, 0.717) is 35.9 Å². The molecule has 270 valence electrons. The predicted octanol–water partition coefficient (Wildman–Crippen LogP) is 10.7. The molecule has 0 spiro atoms. The Labute approximate surface area is 291 Å². The van der Waals surface area contributed by atoms with E-state index in [1.54, 1.807) is 0 Å². The first kappa shape index (κ1) is 39.7. The zero-order valence-corrected chi connectivity index (χ0v) is 38.4. The van der Waals surface area contributed by atoms with E-state index in [-0.39, 0.29) is 23.2 Å². The molecule has 46 heavy (non-hydrogen) atoms. The fourth-order valence-electron chi connectivity index (χ4n) is 10.8. The lowest BCUT2D eigenvalue weighted by Gasteiger charge is -2.66. The van der Waals surface area contributed by atoms with Crippen molar-refractivity contribution in [1.29, 1.82) is 0 Å². The summed E-state index contributed by atoms with van der Waals surface area (Å²) in [5.74, 6) is 2.65. The Bertz CT molecular complexity index is 1060. The molecule has 4 aliphatic carbocycles. The largest absolute Gasteiger partial charge is 0.415 e. The molecule has 0 radical (unpaired) electrons. The summed E-state index contributed by atoms with van der Waals surface area (Å²) >= 11 is 0. The summed E-state index contributed by atoms with van der Waals surface area (Å²) in [4.78, 5) is 0. The first-order valence-electron chi connectivity index (χ1n) is 19.0. The molecule has 0 bridgehead atoms. The number of rotatable bonds is 12. The van der Waals surface area contributed by atoms with E-state index >= 15 is 0 Å². The minimum Gasteiger partial charge on any atom is -0.415 e. The van der Waals surface area contributed by atoms with Crippen LogP contribution in [0, 0.1) is 34.5 Å². The van der Waals surface area contributed by atoms with E-state index in [9.17, 15) is 0 Å². The Hall–Kier alpha value is 0.884. The molecule has 0 aliphatic heterocycles. The topological polar surface area (TPSA) is 46.2 Å². The Morgan fingerprint density at radius 2 is 1.26 bits per heavy atom. The zero-order valence-electron chi connectivity index (χ0n) is 33.4. The molecule has 4 fully saturated rings. The number of hydrogen-bond donors (Lipinski definition) is 0.